The Morgan fingerprint density at radius 3 is 2.67 bits per heavy atom. The maximum Gasteiger partial charge on any atom is 0.332 e. The number of piperazine rings is 1. The maximum atomic E-state index is 13.7. The van der Waals surface area contributed by atoms with Crippen LogP contribution in [-0.4, -0.2) is 77.3 Å². The van der Waals surface area contributed by atoms with E-state index in [1.807, 2.05) is 29.2 Å². The predicted octanol–water partition coefficient (Wildman–Crippen LogP) is 2.83. The van der Waals surface area contributed by atoms with Gasteiger partial charge in [-0.3, -0.25) is 4.79 Å². The Morgan fingerprint density at radius 1 is 1.15 bits per heavy atom. The minimum absolute atomic E-state index is 0.107. The number of ether oxygens (including phenoxy) is 2. The second-order valence-corrected chi connectivity index (χ2v) is 10.1. The Bertz CT molecular complexity index is 1550. The summed E-state index contributed by atoms with van der Waals surface area (Å²) in [5, 5.41) is 14.6. The molecule has 2 aromatic carbocycles. The second-order valence-electron chi connectivity index (χ2n) is 9.74. The lowest BCUT2D eigenvalue weighted by molar-refractivity contribution is -0.120. The van der Waals surface area contributed by atoms with E-state index in [4.69, 9.17) is 21.7 Å². The van der Waals surface area contributed by atoms with Crippen LogP contribution in [0.5, 0.6) is 11.5 Å². The molecule has 6 rings (SSSR count). The Morgan fingerprint density at radius 2 is 1.92 bits per heavy atom. The second kappa shape index (κ2) is 9.71. The fraction of sp³-hybridized carbons (Fsp3) is 0.321. The molecule has 39 heavy (non-hydrogen) atoms. The predicted molar refractivity (Wildman–Crippen MR) is 148 cm³/mol. The first-order valence-electron chi connectivity index (χ1n) is 12.7. The number of amides is 3. The molecule has 2 bridgehead atoms. The topological polar surface area (TPSA) is 111 Å². The van der Waals surface area contributed by atoms with E-state index in [0.29, 0.717) is 52.6 Å². The zero-order valence-electron chi connectivity index (χ0n) is 21.5. The summed E-state index contributed by atoms with van der Waals surface area (Å²) in [6, 6.07) is 13.8. The molecule has 0 radical (unpaired) electrons. The third-order valence-corrected chi connectivity index (χ3v) is 8.16. The highest BCUT2D eigenvalue weighted by Gasteiger charge is 2.62. The van der Waals surface area contributed by atoms with Gasteiger partial charge in [0.15, 0.2) is 16.6 Å². The first kappa shape index (κ1) is 24.9. The lowest BCUT2D eigenvalue weighted by atomic mass is 10.1. The van der Waals surface area contributed by atoms with Crippen molar-refractivity contribution in [2.24, 2.45) is 0 Å². The molecule has 3 aliphatic heterocycles. The van der Waals surface area contributed by atoms with Crippen molar-refractivity contribution >= 4 is 45.7 Å². The molecular weight excluding hydrogens is 516 g/mol. The van der Waals surface area contributed by atoms with Crippen LogP contribution in [0.2, 0.25) is 0 Å². The highest BCUT2D eigenvalue weighted by molar-refractivity contribution is 7.80. The fourth-order valence-electron chi connectivity index (χ4n) is 6.01. The number of rotatable bonds is 6. The Labute approximate surface area is 230 Å². The Hall–Kier alpha value is -4.43. The van der Waals surface area contributed by atoms with Gasteiger partial charge >= 0.3 is 6.03 Å². The van der Waals surface area contributed by atoms with Gasteiger partial charge in [-0.05, 0) is 42.8 Å². The average molecular weight is 543 g/mol. The van der Waals surface area contributed by atoms with Crippen molar-refractivity contribution in [1.82, 2.24) is 20.1 Å². The van der Waals surface area contributed by atoms with Gasteiger partial charge in [0.1, 0.15) is 17.8 Å². The minimum Gasteiger partial charge on any atom is -0.493 e. The Kier molecular flexibility index (Phi) is 6.19. The number of nitrogens with one attached hydrogen (secondary N) is 1. The number of imide groups is 1. The summed E-state index contributed by atoms with van der Waals surface area (Å²) in [5.74, 6) is 1.06. The zero-order chi connectivity index (χ0) is 27.3. The number of fused-ring (bicyclic) bond motifs is 6. The van der Waals surface area contributed by atoms with Gasteiger partial charge in [0.2, 0.25) is 0 Å². The zero-order valence-corrected chi connectivity index (χ0v) is 22.3. The van der Waals surface area contributed by atoms with E-state index >= 15 is 0 Å². The number of nitriles is 1. The molecule has 3 aromatic rings. The van der Waals surface area contributed by atoms with Gasteiger partial charge in [0, 0.05) is 23.9 Å². The number of likely N-dealkylation sites (tertiary alicyclic amines) is 1. The van der Waals surface area contributed by atoms with E-state index in [1.165, 1.54) is 11.1 Å². The lowest BCUT2D eigenvalue weighted by Gasteiger charge is -2.36. The Balaban J connectivity index is 1.17. The largest absolute Gasteiger partial charge is 0.493 e. The molecule has 3 aliphatic rings. The van der Waals surface area contributed by atoms with Crippen molar-refractivity contribution in [1.29, 1.82) is 5.26 Å². The van der Waals surface area contributed by atoms with E-state index in [9.17, 15) is 14.9 Å². The standard InChI is InChI=1S/C28H26N6O4S/c1-37-23-8-7-16(11-24(23)38-2)9-10-30-27(39)32-15-17-12-21(32)25-26(35)34(28(36)33(17)25)22-14-31-20(13-29)18-5-3-4-6-19(18)22/h3-8,11,14,17,21,25H,9-10,12,15H2,1-2H3,(H,30,39)/t17-,21?,25-/m1/s1. The monoisotopic (exact) mass is 542 g/mol. The summed E-state index contributed by atoms with van der Waals surface area (Å²) in [6.45, 7) is 1.18. The summed E-state index contributed by atoms with van der Waals surface area (Å²) >= 11 is 5.72. The average Bonchev–Trinajstić information content (AvgIpc) is 3.63. The molecule has 4 heterocycles. The summed E-state index contributed by atoms with van der Waals surface area (Å²) in [7, 11) is 3.21. The van der Waals surface area contributed by atoms with E-state index in [-0.39, 0.29) is 29.7 Å². The molecule has 1 N–H and O–H groups in total. The van der Waals surface area contributed by atoms with Crippen molar-refractivity contribution in [3.8, 4) is 17.6 Å². The third-order valence-electron chi connectivity index (χ3n) is 7.78. The molecule has 0 saturated carbocycles. The number of thiocarbonyl (C=S) groups is 1. The molecule has 3 saturated heterocycles. The quantitative estimate of drug-likeness (QED) is 0.371. The number of benzene rings is 2. The highest BCUT2D eigenvalue weighted by atomic mass is 32.1. The number of hydrogen-bond acceptors (Lipinski definition) is 7. The molecule has 1 unspecified atom stereocenters. The number of pyridine rings is 1. The number of aromatic nitrogens is 1. The normalized spacial score (nSPS) is 21.4. The molecule has 1 aromatic heterocycles. The molecular formula is C28H26N6O4S. The summed E-state index contributed by atoms with van der Waals surface area (Å²) in [4.78, 5) is 36.5. The summed E-state index contributed by atoms with van der Waals surface area (Å²) in [6.07, 6.45) is 2.86. The lowest BCUT2D eigenvalue weighted by Crippen LogP contribution is -2.57. The summed E-state index contributed by atoms with van der Waals surface area (Å²) < 4.78 is 10.7. The SMILES string of the molecule is COc1ccc(CCNC(=S)N2C[C@H]3CC2[C@@H]2C(=O)N(c4cnc(C#N)c5ccccc45)C(=O)N32)cc1OC. The highest BCUT2D eigenvalue weighted by Crippen LogP contribution is 2.43. The first-order chi connectivity index (χ1) is 19.0. The number of nitrogens with zero attached hydrogens (tertiary/aromatic N) is 5. The van der Waals surface area contributed by atoms with Crippen LogP contribution in [-0.2, 0) is 11.2 Å². The van der Waals surface area contributed by atoms with E-state index in [0.717, 1.165) is 12.0 Å². The third kappa shape index (κ3) is 3.90. The van der Waals surface area contributed by atoms with E-state index in [2.05, 4.69) is 16.4 Å². The van der Waals surface area contributed by atoms with Crippen LogP contribution < -0.4 is 19.7 Å². The van der Waals surface area contributed by atoms with Crippen LogP contribution in [0.25, 0.3) is 10.8 Å². The number of urea groups is 1. The van der Waals surface area contributed by atoms with E-state index in [1.54, 1.807) is 37.3 Å². The molecule has 3 amide bonds. The van der Waals surface area contributed by atoms with Crippen LogP contribution in [0.15, 0.2) is 48.7 Å². The molecule has 0 spiro atoms. The van der Waals surface area contributed by atoms with Crippen LogP contribution in [0.3, 0.4) is 0 Å². The number of hydrogen-bond donors (Lipinski definition) is 1. The molecule has 10 nitrogen and oxygen atoms in total. The first-order valence-corrected chi connectivity index (χ1v) is 13.1. The molecule has 11 heteroatoms. The van der Waals surface area contributed by atoms with Gasteiger partial charge < -0.3 is 24.6 Å². The van der Waals surface area contributed by atoms with Gasteiger partial charge in [0.05, 0.1) is 38.2 Å². The van der Waals surface area contributed by atoms with Crippen molar-refractivity contribution in [2.45, 2.75) is 31.0 Å². The van der Waals surface area contributed by atoms with Crippen LogP contribution in [0, 0.1) is 11.3 Å². The maximum absolute atomic E-state index is 13.7. The number of anilines is 1. The van der Waals surface area contributed by atoms with Crippen LogP contribution in [0.4, 0.5) is 10.5 Å². The van der Waals surface area contributed by atoms with Gasteiger partial charge in [-0.2, -0.15) is 5.26 Å². The van der Waals surface area contributed by atoms with E-state index < -0.39 is 6.04 Å². The summed E-state index contributed by atoms with van der Waals surface area (Å²) in [5.41, 5.74) is 1.73. The fourth-order valence-corrected chi connectivity index (χ4v) is 6.32. The molecule has 3 fully saturated rings. The number of carbonyl (C=O) groups excluding carboxylic acids is 2. The van der Waals surface area contributed by atoms with Crippen LogP contribution >= 0.6 is 12.2 Å². The van der Waals surface area contributed by atoms with Gasteiger partial charge in [-0.15, -0.1) is 0 Å². The van der Waals surface area contributed by atoms with Crippen molar-refractivity contribution in [2.75, 3.05) is 32.2 Å². The van der Waals surface area contributed by atoms with Gasteiger partial charge in [0.25, 0.3) is 5.91 Å². The van der Waals surface area contributed by atoms with Crippen molar-refractivity contribution < 1.29 is 19.1 Å². The minimum atomic E-state index is -0.615. The number of carbonyl (C=O) groups is 2. The number of methoxy groups -OCH3 is 2. The molecule has 3 atom stereocenters. The van der Waals surface area contributed by atoms with Crippen LogP contribution in [0.1, 0.15) is 17.7 Å². The van der Waals surface area contributed by atoms with Crippen molar-refractivity contribution in [3.05, 3.63) is 59.9 Å². The molecule has 198 valence electrons. The van der Waals surface area contributed by atoms with Crippen molar-refractivity contribution in [3.63, 3.8) is 0 Å². The molecule has 0 aliphatic carbocycles. The van der Waals surface area contributed by atoms with Gasteiger partial charge in [-0.25, -0.2) is 14.7 Å². The van der Waals surface area contributed by atoms with Gasteiger partial charge in [-0.1, -0.05) is 30.3 Å². The smallest absolute Gasteiger partial charge is 0.332 e.